The first-order chi connectivity index (χ1) is 13.5. The summed E-state index contributed by atoms with van der Waals surface area (Å²) in [7, 11) is 0. The number of aryl methyl sites for hydroxylation is 1. The van der Waals surface area contributed by atoms with Crippen LogP contribution in [0.25, 0.3) is 5.82 Å². The number of carbonyl (C=O) groups excluding carboxylic acids is 2. The smallest absolute Gasteiger partial charge is 0.374 e. The molecular weight excluding hydrogens is 362 g/mol. The predicted octanol–water partition coefficient (Wildman–Crippen LogP) is 0.966. The second kappa shape index (κ2) is 8.21. The second-order valence-corrected chi connectivity index (χ2v) is 6.04. The van der Waals surface area contributed by atoms with Gasteiger partial charge >= 0.3 is 5.97 Å². The minimum Gasteiger partial charge on any atom is -0.475 e. The summed E-state index contributed by atoms with van der Waals surface area (Å²) in [4.78, 5) is 44.0. The highest BCUT2D eigenvalue weighted by Gasteiger charge is 2.28. The summed E-state index contributed by atoms with van der Waals surface area (Å²) < 4.78 is 1.32. The Labute approximate surface area is 160 Å². The normalized spacial score (nSPS) is 11.6. The monoisotopic (exact) mass is 379 g/mol. The number of carbonyl (C=O) groups is 3. The first-order valence-electron chi connectivity index (χ1n) is 8.40. The van der Waals surface area contributed by atoms with E-state index in [0.29, 0.717) is 11.5 Å². The zero-order valence-corrected chi connectivity index (χ0v) is 14.9. The van der Waals surface area contributed by atoms with E-state index in [1.807, 2.05) is 0 Å². The quantitative estimate of drug-likeness (QED) is 0.586. The van der Waals surface area contributed by atoms with Crippen molar-refractivity contribution in [1.29, 1.82) is 0 Å². The highest BCUT2D eigenvalue weighted by atomic mass is 16.4. The molecule has 9 nitrogen and oxygen atoms in total. The summed E-state index contributed by atoms with van der Waals surface area (Å²) in [6, 6.07) is 10.7. The molecule has 0 fully saturated rings. The van der Waals surface area contributed by atoms with E-state index in [-0.39, 0.29) is 12.1 Å². The third-order valence-corrected chi connectivity index (χ3v) is 3.96. The maximum atomic E-state index is 12.8. The van der Waals surface area contributed by atoms with Crippen LogP contribution in [0.15, 0.2) is 55.0 Å². The number of carboxylic acid groups (broad SMARTS) is 1. The van der Waals surface area contributed by atoms with Gasteiger partial charge in [0.1, 0.15) is 18.1 Å². The van der Waals surface area contributed by atoms with E-state index < -0.39 is 23.7 Å². The number of hydrogen-bond donors (Lipinski definition) is 2. The van der Waals surface area contributed by atoms with Gasteiger partial charge in [0.2, 0.25) is 0 Å². The van der Waals surface area contributed by atoms with E-state index >= 15 is 0 Å². The highest BCUT2D eigenvalue weighted by molar-refractivity contribution is 6.35. The van der Waals surface area contributed by atoms with E-state index in [4.69, 9.17) is 5.11 Å². The third-order valence-electron chi connectivity index (χ3n) is 3.96. The Bertz CT molecular complexity index is 1000. The Hall–Kier alpha value is -3.88. The maximum absolute atomic E-state index is 12.8. The Morgan fingerprint density at radius 1 is 1.18 bits per heavy atom. The molecule has 2 heterocycles. The first kappa shape index (κ1) is 18.9. The van der Waals surface area contributed by atoms with Crippen LogP contribution in [0.1, 0.15) is 21.7 Å². The number of amides is 1. The number of Topliss-reactive ketones (excluding diaryl/α,β-unsaturated/α-hetero) is 1. The largest absolute Gasteiger partial charge is 0.475 e. The summed E-state index contributed by atoms with van der Waals surface area (Å²) in [6.07, 6.45) is 2.88. The van der Waals surface area contributed by atoms with Crippen molar-refractivity contribution < 1.29 is 19.5 Å². The van der Waals surface area contributed by atoms with Gasteiger partial charge in [0, 0.05) is 18.7 Å². The van der Waals surface area contributed by atoms with Crippen LogP contribution < -0.4 is 5.32 Å². The maximum Gasteiger partial charge on any atom is 0.374 e. The van der Waals surface area contributed by atoms with Crippen LogP contribution in [-0.4, -0.2) is 48.6 Å². The molecular formula is C19H17N5O4. The number of aliphatic carboxylic acids is 1. The van der Waals surface area contributed by atoms with Gasteiger partial charge in [-0.25, -0.2) is 19.4 Å². The lowest BCUT2D eigenvalue weighted by atomic mass is 10.0. The van der Waals surface area contributed by atoms with Crippen LogP contribution in [0.3, 0.4) is 0 Å². The molecule has 0 aliphatic carbocycles. The van der Waals surface area contributed by atoms with Crippen molar-refractivity contribution in [2.75, 3.05) is 0 Å². The Kier molecular flexibility index (Phi) is 5.54. The molecule has 3 aromatic rings. The lowest BCUT2D eigenvalue weighted by Gasteiger charge is -2.16. The molecule has 0 aliphatic rings. The Morgan fingerprint density at radius 3 is 2.57 bits per heavy atom. The van der Waals surface area contributed by atoms with Gasteiger partial charge in [-0.2, -0.15) is 5.10 Å². The number of ketones is 1. The van der Waals surface area contributed by atoms with Crippen LogP contribution in [0.5, 0.6) is 0 Å². The SMILES string of the molecule is Cc1cc(C(=O)NC(Cc2ccccc2)C(=O)C(=O)O)n(-c2ccncn2)n1. The summed E-state index contributed by atoms with van der Waals surface area (Å²) >= 11 is 0. The topological polar surface area (TPSA) is 127 Å². The minimum atomic E-state index is -1.61. The van der Waals surface area contributed by atoms with E-state index in [0.717, 1.165) is 5.56 Å². The second-order valence-electron chi connectivity index (χ2n) is 6.04. The fourth-order valence-corrected chi connectivity index (χ4v) is 2.69. The molecule has 2 aromatic heterocycles. The zero-order valence-electron chi connectivity index (χ0n) is 14.9. The van der Waals surface area contributed by atoms with Crippen molar-refractivity contribution in [3.8, 4) is 5.82 Å². The summed E-state index contributed by atoms with van der Waals surface area (Å²) in [5.41, 5.74) is 1.42. The molecule has 0 aliphatic heterocycles. The van der Waals surface area contributed by atoms with Crippen molar-refractivity contribution in [1.82, 2.24) is 25.1 Å². The van der Waals surface area contributed by atoms with Crippen molar-refractivity contribution in [2.45, 2.75) is 19.4 Å². The fourth-order valence-electron chi connectivity index (χ4n) is 2.69. The molecule has 9 heteroatoms. The number of nitrogens with one attached hydrogen (secondary N) is 1. The van der Waals surface area contributed by atoms with Crippen LogP contribution in [0.2, 0.25) is 0 Å². The number of rotatable bonds is 7. The van der Waals surface area contributed by atoms with Gasteiger partial charge in [0.05, 0.1) is 5.69 Å². The molecule has 0 saturated carbocycles. The molecule has 0 bridgehead atoms. The third kappa shape index (κ3) is 4.26. The summed E-state index contributed by atoms with van der Waals surface area (Å²) in [6.45, 7) is 1.71. The molecule has 28 heavy (non-hydrogen) atoms. The molecule has 142 valence electrons. The van der Waals surface area contributed by atoms with Crippen LogP contribution in [0, 0.1) is 6.92 Å². The molecule has 0 saturated heterocycles. The van der Waals surface area contributed by atoms with E-state index in [2.05, 4.69) is 20.4 Å². The Morgan fingerprint density at radius 2 is 1.93 bits per heavy atom. The first-order valence-corrected chi connectivity index (χ1v) is 8.40. The van der Waals surface area contributed by atoms with Gasteiger partial charge in [-0.1, -0.05) is 30.3 Å². The summed E-state index contributed by atoms with van der Waals surface area (Å²) in [5.74, 6) is -2.96. The van der Waals surface area contributed by atoms with Crippen LogP contribution in [-0.2, 0) is 16.0 Å². The minimum absolute atomic E-state index is 0.0539. The standard InChI is InChI=1S/C19H17N5O4/c1-12-9-15(24(23-12)16-7-8-20-11-21-16)18(26)22-14(17(25)19(27)28)10-13-5-3-2-4-6-13/h2-9,11,14H,10H2,1H3,(H,22,26)(H,27,28). The number of nitrogens with zero attached hydrogens (tertiary/aromatic N) is 4. The highest BCUT2D eigenvalue weighted by Crippen LogP contribution is 2.11. The van der Waals surface area contributed by atoms with Gasteiger partial charge in [-0.05, 0) is 18.6 Å². The molecule has 1 aromatic carbocycles. The van der Waals surface area contributed by atoms with E-state index in [1.54, 1.807) is 43.3 Å². The molecule has 3 rings (SSSR count). The van der Waals surface area contributed by atoms with Crippen LogP contribution >= 0.6 is 0 Å². The average molecular weight is 379 g/mol. The van der Waals surface area contributed by atoms with E-state index in [9.17, 15) is 14.4 Å². The van der Waals surface area contributed by atoms with E-state index in [1.165, 1.54) is 23.3 Å². The number of hydrogen-bond acceptors (Lipinski definition) is 6. The van der Waals surface area contributed by atoms with Gasteiger partial charge in [-0.3, -0.25) is 9.59 Å². The van der Waals surface area contributed by atoms with Crippen molar-refractivity contribution in [3.05, 3.63) is 71.9 Å². The van der Waals surface area contributed by atoms with Crippen molar-refractivity contribution >= 4 is 17.7 Å². The fraction of sp³-hybridized carbons (Fsp3) is 0.158. The van der Waals surface area contributed by atoms with Gasteiger partial charge < -0.3 is 10.4 Å². The van der Waals surface area contributed by atoms with Gasteiger partial charge in [-0.15, -0.1) is 0 Å². The lowest BCUT2D eigenvalue weighted by molar-refractivity contribution is -0.149. The van der Waals surface area contributed by atoms with Crippen LogP contribution in [0.4, 0.5) is 0 Å². The van der Waals surface area contributed by atoms with Gasteiger partial charge in [0.15, 0.2) is 5.82 Å². The van der Waals surface area contributed by atoms with Gasteiger partial charge in [0.25, 0.3) is 11.7 Å². The average Bonchev–Trinajstić information content (AvgIpc) is 3.10. The Balaban J connectivity index is 1.88. The molecule has 1 atom stereocenters. The molecule has 2 N–H and O–H groups in total. The molecule has 1 amide bonds. The zero-order chi connectivity index (χ0) is 20.1. The van der Waals surface area contributed by atoms with Crippen molar-refractivity contribution in [2.24, 2.45) is 0 Å². The molecule has 0 radical (unpaired) electrons. The number of benzene rings is 1. The molecule has 0 spiro atoms. The number of carboxylic acids is 1. The van der Waals surface area contributed by atoms with Crippen molar-refractivity contribution in [3.63, 3.8) is 0 Å². The summed E-state index contributed by atoms with van der Waals surface area (Å²) in [5, 5.41) is 15.9. The number of aromatic nitrogens is 4. The predicted molar refractivity (Wildman–Crippen MR) is 97.9 cm³/mol. The lowest BCUT2D eigenvalue weighted by Crippen LogP contribution is -2.45. The molecule has 1 unspecified atom stereocenters.